The van der Waals surface area contributed by atoms with Gasteiger partial charge in [0.05, 0.1) is 11.2 Å². The summed E-state index contributed by atoms with van der Waals surface area (Å²) in [5.74, 6) is 0.116. The number of carbonyl (C=O) groups excluding carboxylic acids is 2. The molecular weight excluding hydrogens is 286 g/mol. The van der Waals surface area contributed by atoms with Gasteiger partial charge >= 0.3 is 0 Å². The van der Waals surface area contributed by atoms with Gasteiger partial charge in [-0.25, -0.2) is 4.98 Å². The molecule has 0 bridgehead atoms. The number of hydrogen-bond donors (Lipinski definition) is 0. The average molecular weight is 309 g/mol. The van der Waals surface area contributed by atoms with Crippen molar-refractivity contribution in [2.45, 2.75) is 39.5 Å². The van der Waals surface area contributed by atoms with E-state index in [-0.39, 0.29) is 17.2 Å². The molecule has 1 aliphatic rings. The van der Waals surface area contributed by atoms with Crippen LogP contribution in [0.4, 0.5) is 0 Å². The Kier molecular flexibility index (Phi) is 4.66. The van der Waals surface area contributed by atoms with Gasteiger partial charge in [-0.15, -0.1) is 11.3 Å². The monoisotopic (exact) mass is 309 g/mol. The van der Waals surface area contributed by atoms with Gasteiger partial charge < -0.3 is 9.80 Å². The van der Waals surface area contributed by atoms with Crippen LogP contribution in [-0.4, -0.2) is 52.8 Å². The molecule has 116 valence electrons. The summed E-state index contributed by atoms with van der Waals surface area (Å²) >= 11 is 1.47. The summed E-state index contributed by atoms with van der Waals surface area (Å²) in [6, 6.07) is 0. The van der Waals surface area contributed by atoms with Crippen LogP contribution in [0.15, 0.2) is 6.20 Å². The molecule has 0 unspecified atom stereocenters. The lowest BCUT2D eigenvalue weighted by Gasteiger charge is -2.20. The second-order valence-electron chi connectivity index (χ2n) is 6.43. The van der Waals surface area contributed by atoms with Crippen molar-refractivity contribution in [3.63, 3.8) is 0 Å². The van der Waals surface area contributed by atoms with E-state index in [2.05, 4.69) is 25.8 Å². The first-order chi connectivity index (χ1) is 9.79. The largest absolute Gasteiger partial charge is 0.341 e. The molecule has 1 saturated heterocycles. The first kappa shape index (κ1) is 15.9. The molecule has 1 aliphatic heterocycles. The molecule has 0 saturated carbocycles. The van der Waals surface area contributed by atoms with E-state index in [1.54, 1.807) is 18.0 Å². The normalized spacial score (nSPS) is 16.8. The predicted octanol–water partition coefficient (Wildman–Crippen LogP) is 2.13. The molecule has 0 atom stereocenters. The summed E-state index contributed by atoms with van der Waals surface area (Å²) in [5, 5.41) is 0.978. The predicted molar refractivity (Wildman–Crippen MR) is 83.6 cm³/mol. The van der Waals surface area contributed by atoms with E-state index in [9.17, 15) is 9.59 Å². The Labute approximate surface area is 130 Å². The fourth-order valence-electron chi connectivity index (χ4n) is 2.31. The number of hydrogen-bond acceptors (Lipinski definition) is 4. The minimum atomic E-state index is -0.0343. The van der Waals surface area contributed by atoms with E-state index >= 15 is 0 Å². The number of rotatable bonds is 1. The van der Waals surface area contributed by atoms with Crippen molar-refractivity contribution in [2.75, 3.05) is 26.2 Å². The average Bonchev–Trinajstić information content (AvgIpc) is 2.76. The molecule has 5 nitrogen and oxygen atoms in total. The molecule has 2 amide bonds. The van der Waals surface area contributed by atoms with Crippen molar-refractivity contribution >= 4 is 23.2 Å². The minimum Gasteiger partial charge on any atom is -0.341 e. The number of carbonyl (C=O) groups is 2. The second kappa shape index (κ2) is 6.13. The Bertz CT molecular complexity index is 533. The Morgan fingerprint density at radius 1 is 1.14 bits per heavy atom. The molecule has 0 radical (unpaired) electrons. The van der Waals surface area contributed by atoms with Crippen molar-refractivity contribution in [1.29, 1.82) is 0 Å². The van der Waals surface area contributed by atoms with Crippen LogP contribution in [0.2, 0.25) is 0 Å². The van der Waals surface area contributed by atoms with Crippen molar-refractivity contribution in [3.8, 4) is 0 Å². The molecule has 1 aromatic rings. The van der Waals surface area contributed by atoms with Crippen molar-refractivity contribution < 1.29 is 9.59 Å². The molecule has 2 heterocycles. The van der Waals surface area contributed by atoms with Crippen LogP contribution >= 0.6 is 11.3 Å². The van der Waals surface area contributed by atoms with Crippen LogP contribution in [0.25, 0.3) is 0 Å². The van der Waals surface area contributed by atoms with Crippen LogP contribution in [0, 0.1) is 0 Å². The summed E-state index contributed by atoms with van der Waals surface area (Å²) in [5.41, 5.74) is -0.0343. The fraction of sp³-hybridized carbons (Fsp3) is 0.667. The number of thiazole rings is 1. The van der Waals surface area contributed by atoms with Crippen LogP contribution < -0.4 is 0 Å². The van der Waals surface area contributed by atoms with E-state index in [0.717, 1.165) is 18.0 Å². The van der Waals surface area contributed by atoms with Gasteiger partial charge in [-0.3, -0.25) is 9.59 Å². The minimum absolute atomic E-state index is 0.0343. The third kappa shape index (κ3) is 3.81. The molecule has 1 fully saturated rings. The van der Waals surface area contributed by atoms with Crippen LogP contribution in [0.1, 0.15) is 48.8 Å². The van der Waals surface area contributed by atoms with Gasteiger partial charge in [0, 0.05) is 38.5 Å². The summed E-state index contributed by atoms with van der Waals surface area (Å²) < 4.78 is 0. The van der Waals surface area contributed by atoms with E-state index in [1.807, 2.05) is 4.90 Å². The highest BCUT2D eigenvalue weighted by Crippen LogP contribution is 2.27. The SMILES string of the molecule is CC(=O)N1CCCN(C(=O)c2cnc(C(C)(C)C)s2)CC1. The quantitative estimate of drug-likeness (QED) is 0.798. The highest BCUT2D eigenvalue weighted by molar-refractivity contribution is 7.13. The van der Waals surface area contributed by atoms with Gasteiger partial charge in [-0.05, 0) is 6.42 Å². The van der Waals surface area contributed by atoms with Crippen molar-refractivity contribution in [2.24, 2.45) is 0 Å². The third-order valence-corrected chi connectivity index (χ3v) is 5.00. The van der Waals surface area contributed by atoms with Gasteiger partial charge in [0.1, 0.15) is 4.88 Å². The highest BCUT2D eigenvalue weighted by Gasteiger charge is 2.25. The maximum absolute atomic E-state index is 12.6. The topological polar surface area (TPSA) is 53.5 Å². The van der Waals surface area contributed by atoms with Crippen molar-refractivity contribution in [3.05, 3.63) is 16.1 Å². The zero-order chi connectivity index (χ0) is 15.6. The zero-order valence-electron chi connectivity index (χ0n) is 13.2. The Hall–Kier alpha value is -1.43. The molecule has 1 aromatic heterocycles. The van der Waals surface area contributed by atoms with E-state index in [0.29, 0.717) is 24.5 Å². The molecule has 0 N–H and O–H groups in total. The first-order valence-electron chi connectivity index (χ1n) is 7.30. The number of nitrogens with zero attached hydrogens (tertiary/aromatic N) is 3. The van der Waals surface area contributed by atoms with Gasteiger partial charge in [0.2, 0.25) is 5.91 Å². The summed E-state index contributed by atoms with van der Waals surface area (Å²) in [7, 11) is 0. The Balaban J connectivity index is 2.06. The summed E-state index contributed by atoms with van der Waals surface area (Å²) in [6.07, 6.45) is 2.51. The molecule has 2 rings (SSSR count). The van der Waals surface area contributed by atoms with Crippen molar-refractivity contribution in [1.82, 2.24) is 14.8 Å². The standard InChI is InChI=1S/C15H23N3O2S/c1-11(19)17-6-5-7-18(9-8-17)13(20)12-10-16-14(21-12)15(2,3)4/h10H,5-9H2,1-4H3. The van der Waals surface area contributed by atoms with Gasteiger partial charge in [-0.2, -0.15) is 0 Å². The Morgan fingerprint density at radius 3 is 2.33 bits per heavy atom. The van der Waals surface area contributed by atoms with E-state index in [4.69, 9.17) is 0 Å². The zero-order valence-corrected chi connectivity index (χ0v) is 14.0. The Morgan fingerprint density at radius 2 is 1.76 bits per heavy atom. The molecule has 0 spiro atoms. The first-order valence-corrected chi connectivity index (χ1v) is 8.12. The number of amides is 2. The fourth-order valence-corrected chi connectivity index (χ4v) is 3.25. The molecule has 0 aromatic carbocycles. The molecule has 6 heteroatoms. The maximum atomic E-state index is 12.6. The maximum Gasteiger partial charge on any atom is 0.265 e. The lowest BCUT2D eigenvalue weighted by atomic mass is 9.98. The van der Waals surface area contributed by atoms with Crippen LogP contribution in [0.5, 0.6) is 0 Å². The summed E-state index contributed by atoms with van der Waals surface area (Å²) in [4.78, 5) is 32.7. The second-order valence-corrected chi connectivity index (χ2v) is 7.46. The van der Waals surface area contributed by atoms with E-state index in [1.165, 1.54) is 11.3 Å². The molecule has 21 heavy (non-hydrogen) atoms. The number of aromatic nitrogens is 1. The lowest BCUT2D eigenvalue weighted by Crippen LogP contribution is -2.36. The smallest absolute Gasteiger partial charge is 0.265 e. The van der Waals surface area contributed by atoms with Gasteiger partial charge in [-0.1, -0.05) is 20.8 Å². The van der Waals surface area contributed by atoms with Gasteiger partial charge in [0.15, 0.2) is 0 Å². The molecular formula is C15H23N3O2S. The van der Waals surface area contributed by atoms with Crippen LogP contribution in [0.3, 0.4) is 0 Å². The molecule has 0 aliphatic carbocycles. The summed E-state index contributed by atoms with van der Waals surface area (Å²) in [6.45, 7) is 10.5. The highest BCUT2D eigenvalue weighted by atomic mass is 32.1. The van der Waals surface area contributed by atoms with Gasteiger partial charge in [0.25, 0.3) is 5.91 Å². The third-order valence-electron chi connectivity index (χ3n) is 3.59. The lowest BCUT2D eigenvalue weighted by molar-refractivity contribution is -0.128. The van der Waals surface area contributed by atoms with Crippen LogP contribution in [-0.2, 0) is 10.2 Å². The van der Waals surface area contributed by atoms with E-state index < -0.39 is 0 Å².